The average Bonchev–Trinajstić information content (AvgIpc) is 3.32. The number of benzene rings is 3. The van der Waals surface area contributed by atoms with Gasteiger partial charge in [0.25, 0.3) is 10.0 Å². The summed E-state index contributed by atoms with van der Waals surface area (Å²) < 4.78 is 29.1. The second kappa shape index (κ2) is 10.1. The lowest BCUT2D eigenvalue weighted by atomic mass is 10.2. The van der Waals surface area contributed by atoms with Crippen molar-refractivity contribution in [2.24, 2.45) is 5.73 Å². The smallest absolute Gasteiger partial charge is 0.324 e. The average molecular weight is 547 g/mol. The number of aliphatic carboxylic acids is 1. The molecule has 0 bridgehead atoms. The van der Waals surface area contributed by atoms with Crippen molar-refractivity contribution < 1.29 is 18.3 Å². The molecule has 10 nitrogen and oxygen atoms in total. The zero-order chi connectivity index (χ0) is 26.9. The Hall–Kier alpha value is -4.55. The van der Waals surface area contributed by atoms with Crippen LogP contribution in [0.2, 0.25) is 0 Å². The first-order valence-corrected chi connectivity index (χ1v) is 13.6. The van der Waals surface area contributed by atoms with Crippen LogP contribution in [0.4, 0.5) is 11.4 Å². The maximum absolute atomic E-state index is 13.7. The van der Waals surface area contributed by atoms with Crippen LogP contribution in [-0.4, -0.2) is 41.8 Å². The predicted octanol–water partition coefficient (Wildman–Crippen LogP) is 4.02. The Kier molecular flexibility index (Phi) is 6.66. The van der Waals surface area contributed by atoms with E-state index in [1.54, 1.807) is 54.6 Å². The van der Waals surface area contributed by atoms with Gasteiger partial charge in [0.1, 0.15) is 22.3 Å². The third-order valence-electron chi connectivity index (χ3n) is 5.79. The van der Waals surface area contributed by atoms with Gasteiger partial charge < -0.3 is 16.2 Å². The molecule has 12 heteroatoms. The summed E-state index contributed by atoms with van der Waals surface area (Å²) >= 11 is 1.44. The number of hydrogen-bond donors (Lipinski definition) is 4. The molecule has 0 unspecified atom stereocenters. The second-order valence-electron chi connectivity index (χ2n) is 8.34. The van der Waals surface area contributed by atoms with Crippen LogP contribution in [0.15, 0.2) is 83.9 Å². The summed E-state index contributed by atoms with van der Waals surface area (Å²) in [5.41, 5.74) is 7.97. The Bertz CT molecular complexity index is 1780. The van der Waals surface area contributed by atoms with Gasteiger partial charge in [0.2, 0.25) is 0 Å². The van der Waals surface area contributed by atoms with Gasteiger partial charge in [0.15, 0.2) is 0 Å². The highest BCUT2D eigenvalue weighted by Crippen LogP contribution is 2.32. The Labute approximate surface area is 221 Å². The van der Waals surface area contributed by atoms with Crippen molar-refractivity contribution in [3.63, 3.8) is 0 Å². The first-order chi connectivity index (χ1) is 18.2. The van der Waals surface area contributed by atoms with Gasteiger partial charge in [-0.1, -0.05) is 18.2 Å². The van der Waals surface area contributed by atoms with Crippen LogP contribution in [0.1, 0.15) is 10.6 Å². The first-order valence-electron chi connectivity index (χ1n) is 11.4. The number of carbonyl (C=O) groups is 1. The number of nitrogens with zero attached hydrogens (tertiary/aromatic N) is 3. The van der Waals surface area contributed by atoms with Gasteiger partial charge in [-0.15, -0.1) is 11.3 Å². The fraction of sp³-hybridized carbons (Fsp3) is 0.0769. The van der Waals surface area contributed by atoms with Gasteiger partial charge in [-0.3, -0.25) is 19.5 Å². The van der Waals surface area contributed by atoms with E-state index in [0.29, 0.717) is 23.0 Å². The summed E-state index contributed by atoms with van der Waals surface area (Å²) in [7, 11) is -4.26. The van der Waals surface area contributed by atoms with Crippen molar-refractivity contribution in [2.75, 3.05) is 16.2 Å². The van der Waals surface area contributed by atoms with Crippen LogP contribution in [0, 0.1) is 5.41 Å². The fourth-order valence-electron chi connectivity index (χ4n) is 3.98. The standard InChI is InChI=1S/C26H22N6O4S2/c27-26(28)17-6-8-18(9-7-17)30-14-23-31-20-13-19(10-11-21(20)37-23)32(15-24(33)34)38(35,36)22-5-1-3-16-4-2-12-29-25(16)22/h1-13,30H,14-15H2,(H3,27,28)(H,33,34). The third kappa shape index (κ3) is 4.99. The Balaban J connectivity index is 1.46. The summed E-state index contributed by atoms with van der Waals surface area (Å²) in [6.07, 6.45) is 1.50. The minimum absolute atomic E-state index is 0.00537. The molecule has 2 heterocycles. The van der Waals surface area contributed by atoms with E-state index < -0.39 is 22.5 Å². The number of para-hydroxylation sites is 1. The number of hydrogen-bond acceptors (Lipinski definition) is 8. The number of nitrogen functional groups attached to an aromatic ring is 1. The van der Waals surface area contributed by atoms with E-state index in [9.17, 15) is 18.3 Å². The molecule has 0 radical (unpaired) electrons. The molecule has 5 rings (SSSR count). The predicted molar refractivity (Wildman–Crippen MR) is 148 cm³/mol. The maximum Gasteiger partial charge on any atom is 0.324 e. The molecule has 0 fully saturated rings. The van der Waals surface area contributed by atoms with Crippen LogP contribution >= 0.6 is 11.3 Å². The molecule has 0 saturated heterocycles. The molecule has 0 aliphatic carbocycles. The monoisotopic (exact) mass is 546 g/mol. The topological polar surface area (TPSA) is 162 Å². The first kappa shape index (κ1) is 25.1. The normalized spacial score (nSPS) is 11.5. The number of carboxylic acid groups (broad SMARTS) is 1. The van der Waals surface area contributed by atoms with Crippen LogP contribution < -0.4 is 15.4 Å². The zero-order valence-corrected chi connectivity index (χ0v) is 21.5. The number of thiazole rings is 1. The number of sulfonamides is 1. The molecule has 3 aromatic carbocycles. The molecule has 0 aliphatic heterocycles. The zero-order valence-electron chi connectivity index (χ0n) is 19.8. The van der Waals surface area contributed by atoms with E-state index >= 15 is 0 Å². The van der Waals surface area contributed by atoms with Crippen molar-refractivity contribution in [3.8, 4) is 0 Å². The molecule has 192 valence electrons. The van der Waals surface area contributed by atoms with Crippen molar-refractivity contribution >= 4 is 65.7 Å². The van der Waals surface area contributed by atoms with Crippen molar-refractivity contribution in [1.29, 1.82) is 5.41 Å². The lowest BCUT2D eigenvalue weighted by Crippen LogP contribution is -2.35. The number of fused-ring (bicyclic) bond motifs is 2. The Morgan fingerprint density at radius 3 is 2.58 bits per heavy atom. The molecule has 38 heavy (non-hydrogen) atoms. The molecule has 0 saturated carbocycles. The minimum atomic E-state index is -4.26. The fourth-order valence-corrected chi connectivity index (χ4v) is 6.44. The lowest BCUT2D eigenvalue weighted by Gasteiger charge is -2.23. The highest BCUT2D eigenvalue weighted by atomic mass is 32.2. The van der Waals surface area contributed by atoms with E-state index in [4.69, 9.17) is 11.1 Å². The quantitative estimate of drug-likeness (QED) is 0.159. The van der Waals surface area contributed by atoms with Crippen LogP contribution in [0.5, 0.6) is 0 Å². The molecule has 0 atom stereocenters. The highest BCUT2D eigenvalue weighted by molar-refractivity contribution is 7.93. The minimum Gasteiger partial charge on any atom is -0.480 e. The van der Waals surface area contributed by atoms with Crippen molar-refractivity contribution in [3.05, 3.63) is 89.6 Å². The molecular formula is C26H22N6O4S2. The number of nitrogens with two attached hydrogens (primary N) is 1. The van der Waals surface area contributed by atoms with E-state index in [0.717, 1.165) is 19.7 Å². The van der Waals surface area contributed by atoms with Gasteiger partial charge in [-0.05, 0) is 54.6 Å². The Morgan fingerprint density at radius 2 is 1.84 bits per heavy atom. The molecule has 0 amide bonds. The van der Waals surface area contributed by atoms with Gasteiger partial charge >= 0.3 is 5.97 Å². The number of carboxylic acids is 1. The van der Waals surface area contributed by atoms with Gasteiger partial charge in [0.05, 0.1) is 28.0 Å². The largest absolute Gasteiger partial charge is 0.480 e. The van der Waals surface area contributed by atoms with E-state index in [-0.39, 0.29) is 21.9 Å². The molecule has 5 aromatic rings. The van der Waals surface area contributed by atoms with Crippen LogP contribution in [0.3, 0.4) is 0 Å². The molecule has 0 aliphatic rings. The molecule has 5 N–H and O–H groups in total. The van der Waals surface area contributed by atoms with E-state index in [2.05, 4.69) is 15.3 Å². The van der Waals surface area contributed by atoms with Crippen molar-refractivity contribution in [2.45, 2.75) is 11.4 Å². The number of nitrogens with one attached hydrogen (secondary N) is 2. The number of anilines is 2. The van der Waals surface area contributed by atoms with Gasteiger partial charge in [-0.25, -0.2) is 13.4 Å². The van der Waals surface area contributed by atoms with Crippen LogP contribution in [0.25, 0.3) is 21.1 Å². The molecular weight excluding hydrogens is 524 g/mol. The number of aromatic nitrogens is 2. The third-order valence-corrected chi connectivity index (χ3v) is 8.63. The second-order valence-corrected chi connectivity index (χ2v) is 11.3. The summed E-state index contributed by atoms with van der Waals surface area (Å²) in [6.45, 7) is -0.335. The SMILES string of the molecule is N=C(N)c1ccc(NCc2nc3cc(N(CC(=O)O)S(=O)(=O)c4cccc5cccnc45)ccc3s2)cc1. The van der Waals surface area contributed by atoms with Gasteiger partial charge in [0, 0.05) is 22.8 Å². The summed E-state index contributed by atoms with van der Waals surface area (Å²) in [5, 5.41) is 21.7. The number of amidine groups is 1. The van der Waals surface area contributed by atoms with Gasteiger partial charge in [-0.2, -0.15) is 0 Å². The van der Waals surface area contributed by atoms with Crippen LogP contribution in [-0.2, 0) is 21.4 Å². The van der Waals surface area contributed by atoms with Crippen molar-refractivity contribution in [1.82, 2.24) is 9.97 Å². The van der Waals surface area contributed by atoms with E-state index in [1.807, 2.05) is 12.1 Å². The summed E-state index contributed by atoms with van der Waals surface area (Å²) in [5.74, 6) is -1.30. The lowest BCUT2D eigenvalue weighted by molar-refractivity contribution is -0.135. The summed E-state index contributed by atoms with van der Waals surface area (Å²) in [4.78, 5) is 20.5. The maximum atomic E-state index is 13.7. The Morgan fingerprint density at radius 1 is 1.08 bits per heavy atom. The number of rotatable bonds is 9. The molecule has 2 aromatic heterocycles. The summed E-state index contributed by atoms with van der Waals surface area (Å²) in [6, 6.07) is 20.3. The van der Waals surface area contributed by atoms with E-state index in [1.165, 1.54) is 23.6 Å². The highest BCUT2D eigenvalue weighted by Gasteiger charge is 2.29. The number of pyridine rings is 1. The molecule has 0 spiro atoms.